The van der Waals surface area contributed by atoms with E-state index in [9.17, 15) is 0 Å². The van der Waals surface area contributed by atoms with E-state index in [0.717, 1.165) is 116 Å². The molecule has 12 rings (SSSR count). The number of nitrogens with zero attached hydrogens (tertiary/aromatic N) is 6. The molecule has 6 heterocycles. The van der Waals surface area contributed by atoms with Gasteiger partial charge in [0.1, 0.15) is 5.58 Å². The predicted octanol–water partition coefficient (Wildman–Crippen LogP) is 13.6. The molecule has 0 radical (unpaired) electrons. The summed E-state index contributed by atoms with van der Waals surface area (Å²) in [6, 6.07) is 55.4. The first kappa shape index (κ1) is 33.8. The van der Waals surface area contributed by atoms with Gasteiger partial charge in [-0.25, -0.2) is 0 Å². The van der Waals surface area contributed by atoms with Gasteiger partial charge in [-0.05, 0) is 124 Å². The third-order valence-corrected chi connectivity index (χ3v) is 11.5. The maximum atomic E-state index is 6.18. The number of hydrogen-bond donors (Lipinski definition) is 0. The van der Waals surface area contributed by atoms with Gasteiger partial charge >= 0.3 is 0 Å². The molecule has 0 fully saturated rings. The van der Waals surface area contributed by atoms with Gasteiger partial charge in [0.2, 0.25) is 0 Å². The first-order valence-corrected chi connectivity index (χ1v) is 19.8. The predicted molar refractivity (Wildman–Crippen MR) is 244 cm³/mol. The minimum atomic E-state index is 0.777. The van der Waals surface area contributed by atoms with Crippen molar-refractivity contribution in [1.29, 1.82) is 0 Å². The van der Waals surface area contributed by atoms with Crippen LogP contribution in [0.3, 0.4) is 0 Å². The lowest BCUT2D eigenvalue weighted by molar-refractivity contribution is 0.667. The molecule has 6 aromatic heterocycles. The molecule has 12 aromatic rings. The zero-order chi connectivity index (χ0) is 39.6. The number of benzene rings is 6. The van der Waals surface area contributed by atoms with Gasteiger partial charge in [0.25, 0.3) is 0 Å². The highest BCUT2D eigenvalue weighted by molar-refractivity contribution is 6.12. The Hall–Kier alpha value is -8.29. The monoisotopic (exact) mass is 768 g/mol. The molecular formula is C53H32N6O. The van der Waals surface area contributed by atoms with E-state index in [0.29, 0.717) is 0 Å². The molecule has 0 atom stereocenters. The average Bonchev–Trinajstić information content (AvgIpc) is 3.70. The number of rotatable bonds is 6. The summed E-state index contributed by atoms with van der Waals surface area (Å²) in [5.74, 6) is 0. The second-order valence-electron chi connectivity index (χ2n) is 15.1. The van der Waals surface area contributed by atoms with Crippen molar-refractivity contribution in [3.63, 3.8) is 0 Å². The Morgan fingerprint density at radius 1 is 0.383 bits per heavy atom. The Labute approximate surface area is 343 Å². The minimum absolute atomic E-state index is 0.777. The van der Waals surface area contributed by atoms with E-state index in [1.807, 2.05) is 73.4 Å². The van der Waals surface area contributed by atoms with Gasteiger partial charge < -0.3 is 9.32 Å². The molecule has 0 spiro atoms. The fourth-order valence-electron chi connectivity index (χ4n) is 8.45. The van der Waals surface area contributed by atoms with Crippen LogP contribution in [0.5, 0.6) is 0 Å². The molecule has 6 aromatic carbocycles. The summed E-state index contributed by atoms with van der Waals surface area (Å²) in [5.41, 5.74) is 13.6. The van der Waals surface area contributed by atoms with Crippen molar-refractivity contribution in [1.82, 2.24) is 24.9 Å². The molecule has 280 valence electrons. The molecule has 0 aliphatic rings. The number of furan rings is 1. The normalized spacial score (nSPS) is 11.7. The highest BCUT2D eigenvalue weighted by Crippen LogP contribution is 2.41. The Balaban J connectivity index is 0.955. The molecule has 0 saturated heterocycles. The number of anilines is 3. The molecule has 0 bridgehead atoms. The molecule has 60 heavy (non-hydrogen) atoms. The third kappa shape index (κ3) is 5.79. The van der Waals surface area contributed by atoms with Crippen LogP contribution in [0, 0.1) is 0 Å². The Bertz CT molecular complexity index is 3470. The van der Waals surface area contributed by atoms with Crippen LogP contribution in [0.4, 0.5) is 17.1 Å². The molecule has 0 aliphatic heterocycles. The van der Waals surface area contributed by atoms with Crippen molar-refractivity contribution in [3.05, 3.63) is 195 Å². The third-order valence-electron chi connectivity index (χ3n) is 11.5. The summed E-state index contributed by atoms with van der Waals surface area (Å²) in [6.07, 6.45) is 11.2. The van der Waals surface area contributed by atoms with Crippen molar-refractivity contribution in [2.24, 2.45) is 0 Å². The van der Waals surface area contributed by atoms with Gasteiger partial charge in [-0.15, -0.1) is 0 Å². The van der Waals surface area contributed by atoms with Crippen LogP contribution in [-0.2, 0) is 0 Å². The van der Waals surface area contributed by atoms with Crippen LogP contribution in [0.2, 0.25) is 0 Å². The van der Waals surface area contributed by atoms with Crippen molar-refractivity contribution < 1.29 is 4.42 Å². The van der Waals surface area contributed by atoms with E-state index >= 15 is 0 Å². The first-order valence-electron chi connectivity index (χ1n) is 19.8. The second-order valence-corrected chi connectivity index (χ2v) is 15.1. The number of fused-ring (bicyclic) bond motifs is 7. The number of para-hydroxylation sites is 1. The maximum Gasteiger partial charge on any atom is 0.154 e. The van der Waals surface area contributed by atoms with E-state index in [-0.39, 0.29) is 0 Å². The SMILES string of the molecule is c1cnc2cc(-c3ccc4cc(N(c5ccc(-c6cncc7oc8ccccc8c67)cc5)c5ccc6cc(-c7cnc8cccnc8c7)ccc6c5)ccc4c3)ncc2c1. The van der Waals surface area contributed by atoms with Crippen molar-refractivity contribution >= 4 is 82.5 Å². The first-order chi connectivity index (χ1) is 29.7. The van der Waals surface area contributed by atoms with Crippen LogP contribution in [-0.4, -0.2) is 24.9 Å². The second kappa shape index (κ2) is 13.7. The minimum Gasteiger partial charge on any atom is -0.454 e. The fourth-order valence-corrected chi connectivity index (χ4v) is 8.45. The Morgan fingerprint density at radius 2 is 1.07 bits per heavy atom. The van der Waals surface area contributed by atoms with Crippen LogP contribution in [0.15, 0.2) is 199 Å². The summed E-state index contributed by atoms with van der Waals surface area (Å²) in [4.78, 5) is 25.4. The highest BCUT2D eigenvalue weighted by atomic mass is 16.3. The number of hydrogen-bond acceptors (Lipinski definition) is 7. The molecule has 0 unspecified atom stereocenters. The molecule has 0 N–H and O–H groups in total. The van der Waals surface area contributed by atoms with Crippen molar-refractivity contribution in [2.45, 2.75) is 0 Å². The summed E-state index contributed by atoms with van der Waals surface area (Å²) >= 11 is 0. The lowest BCUT2D eigenvalue weighted by Crippen LogP contribution is -2.10. The largest absolute Gasteiger partial charge is 0.454 e. The van der Waals surface area contributed by atoms with Crippen molar-refractivity contribution in [2.75, 3.05) is 4.90 Å². The van der Waals surface area contributed by atoms with Crippen molar-refractivity contribution in [3.8, 4) is 33.5 Å². The molecule has 7 heteroatoms. The number of aromatic nitrogens is 5. The van der Waals surface area contributed by atoms with Crippen LogP contribution in [0.25, 0.3) is 98.9 Å². The molecule has 0 saturated carbocycles. The molecule has 0 aliphatic carbocycles. The van der Waals surface area contributed by atoms with Crippen LogP contribution in [0.1, 0.15) is 0 Å². The molecular weight excluding hydrogens is 737 g/mol. The highest BCUT2D eigenvalue weighted by Gasteiger charge is 2.17. The molecule has 7 nitrogen and oxygen atoms in total. The zero-order valence-corrected chi connectivity index (χ0v) is 32.1. The fraction of sp³-hybridized carbons (Fsp3) is 0. The standard InChI is InChI=1S/C53H32N6O/c1-2-8-51-45(6-1)53-46(31-54-32-52(53)60-51)33-13-17-42(18-14-33)59(43-19-15-34-23-36(9-10-37(34)25-43)41-27-50-47(57-30-41)7-4-22-56-50)44-20-16-35-24-39(12-11-38(35)26-44)48-28-49-40(29-58-48)5-3-21-55-49/h1-32H. The van der Waals surface area contributed by atoms with E-state index in [4.69, 9.17) is 9.40 Å². The van der Waals surface area contributed by atoms with Crippen LogP contribution >= 0.6 is 0 Å². The summed E-state index contributed by atoms with van der Waals surface area (Å²) < 4.78 is 6.18. The van der Waals surface area contributed by atoms with E-state index in [1.54, 1.807) is 6.20 Å². The van der Waals surface area contributed by atoms with Gasteiger partial charge in [-0.2, -0.15) is 0 Å². The quantitative estimate of drug-likeness (QED) is 0.167. The lowest BCUT2D eigenvalue weighted by Gasteiger charge is -2.26. The van der Waals surface area contributed by atoms with Gasteiger partial charge in [0, 0.05) is 80.9 Å². The summed E-state index contributed by atoms with van der Waals surface area (Å²) in [6.45, 7) is 0. The zero-order valence-electron chi connectivity index (χ0n) is 32.1. The van der Waals surface area contributed by atoms with Crippen LogP contribution < -0.4 is 4.90 Å². The van der Waals surface area contributed by atoms with E-state index in [2.05, 4.69) is 140 Å². The van der Waals surface area contributed by atoms with Gasteiger partial charge in [-0.3, -0.25) is 24.9 Å². The van der Waals surface area contributed by atoms with Gasteiger partial charge in [0.15, 0.2) is 5.58 Å². The van der Waals surface area contributed by atoms with E-state index < -0.39 is 0 Å². The molecule has 0 amide bonds. The summed E-state index contributed by atoms with van der Waals surface area (Å²) in [7, 11) is 0. The topological polar surface area (TPSA) is 80.8 Å². The Kier molecular flexibility index (Phi) is 7.71. The maximum absolute atomic E-state index is 6.18. The number of pyridine rings is 5. The Morgan fingerprint density at radius 3 is 1.90 bits per heavy atom. The van der Waals surface area contributed by atoms with Gasteiger partial charge in [-0.1, -0.05) is 66.7 Å². The lowest BCUT2D eigenvalue weighted by atomic mass is 10.00. The van der Waals surface area contributed by atoms with E-state index in [1.165, 1.54) is 0 Å². The van der Waals surface area contributed by atoms with Gasteiger partial charge in [0.05, 0.1) is 28.4 Å². The smallest absolute Gasteiger partial charge is 0.154 e. The summed E-state index contributed by atoms with van der Waals surface area (Å²) in [5, 5.41) is 7.71. The average molecular weight is 769 g/mol.